The molecule has 0 N–H and O–H groups in total. The Morgan fingerprint density at radius 1 is 1.16 bits per heavy atom. The summed E-state index contributed by atoms with van der Waals surface area (Å²) in [6.07, 6.45) is 1.58. The van der Waals surface area contributed by atoms with E-state index in [0.717, 1.165) is 5.56 Å². The molecule has 0 aliphatic heterocycles. The summed E-state index contributed by atoms with van der Waals surface area (Å²) in [4.78, 5) is 12.7. The lowest BCUT2D eigenvalue weighted by Crippen LogP contribution is -2.05. The van der Waals surface area contributed by atoms with Gasteiger partial charge in [-0.1, -0.05) is 28.9 Å². The van der Waals surface area contributed by atoms with Crippen molar-refractivity contribution in [3.8, 4) is 11.3 Å². The van der Waals surface area contributed by atoms with E-state index < -0.39 is 16.8 Å². The maximum Gasteiger partial charge on any atom is 0.338 e. The molecule has 5 nitrogen and oxygen atoms in total. The van der Waals surface area contributed by atoms with E-state index in [9.17, 15) is 9.00 Å². The average Bonchev–Trinajstić information content (AvgIpc) is 3.09. The summed E-state index contributed by atoms with van der Waals surface area (Å²) in [6.45, 7) is -0.0269. The standard InChI is InChI=1S/C18H14ClNO4S/c1-25(22)16-8-4-13(5-9-16)18(21)23-11-15-10-17(20-24-15)12-2-6-14(19)7-3-12/h2-10H,11H2,1H3. The van der Waals surface area contributed by atoms with Gasteiger partial charge in [0.2, 0.25) is 0 Å². The molecule has 0 radical (unpaired) electrons. The third kappa shape index (κ3) is 4.35. The van der Waals surface area contributed by atoms with Crippen LogP contribution in [0.3, 0.4) is 0 Å². The average molecular weight is 376 g/mol. The van der Waals surface area contributed by atoms with Gasteiger partial charge in [-0.05, 0) is 36.4 Å². The fourth-order valence-corrected chi connectivity index (χ4v) is 2.79. The van der Waals surface area contributed by atoms with Gasteiger partial charge in [0.15, 0.2) is 12.4 Å². The van der Waals surface area contributed by atoms with Gasteiger partial charge in [0, 0.05) is 38.6 Å². The Hall–Kier alpha value is -2.44. The molecule has 0 amide bonds. The molecule has 2 aromatic carbocycles. The van der Waals surface area contributed by atoms with Crippen LogP contribution >= 0.6 is 11.6 Å². The molecule has 1 heterocycles. The smallest absolute Gasteiger partial charge is 0.338 e. The third-order valence-electron chi connectivity index (χ3n) is 3.47. The largest absolute Gasteiger partial charge is 0.454 e. The fourth-order valence-electron chi connectivity index (χ4n) is 2.14. The van der Waals surface area contributed by atoms with E-state index >= 15 is 0 Å². The minimum Gasteiger partial charge on any atom is -0.454 e. The van der Waals surface area contributed by atoms with Crippen molar-refractivity contribution in [1.29, 1.82) is 0 Å². The highest BCUT2D eigenvalue weighted by atomic mass is 35.5. The molecule has 0 aliphatic rings. The summed E-state index contributed by atoms with van der Waals surface area (Å²) >= 11 is 5.86. The Morgan fingerprint density at radius 2 is 1.84 bits per heavy atom. The second kappa shape index (κ2) is 7.63. The van der Waals surface area contributed by atoms with Crippen molar-refractivity contribution >= 4 is 28.4 Å². The van der Waals surface area contributed by atoms with Crippen molar-refractivity contribution in [3.05, 3.63) is 70.9 Å². The van der Waals surface area contributed by atoms with E-state index in [1.165, 1.54) is 0 Å². The maximum atomic E-state index is 12.0. The van der Waals surface area contributed by atoms with Crippen LogP contribution in [0.1, 0.15) is 16.1 Å². The zero-order chi connectivity index (χ0) is 17.8. The van der Waals surface area contributed by atoms with Gasteiger partial charge in [-0.15, -0.1) is 0 Å². The highest BCUT2D eigenvalue weighted by Gasteiger charge is 2.11. The highest BCUT2D eigenvalue weighted by Crippen LogP contribution is 2.21. The number of carbonyl (C=O) groups is 1. The van der Waals surface area contributed by atoms with Gasteiger partial charge < -0.3 is 9.26 Å². The highest BCUT2D eigenvalue weighted by molar-refractivity contribution is 7.84. The van der Waals surface area contributed by atoms with Gasteiger partial charge in [0.1, 0.15) is 5.69 Å². The molecule has 25 heavy (non-hydrogen) atoms. The molecule has 0 saturated carbocycles. The third-order valence-corrected chi connectivity index (χ3v) is 4.65. The summed E-state index contributed by atoms with van der Waals surface area (Å²) in [5.74, 6) is -0.0533. The molecule has 128 valence electrons. The summed E-state index contributed by atoms with van der Waals surface area (Å²) < 4.78 is 21.7. The van der Waals surface area contributed by atoms with Crippen LogP contribution in [0.25, 0.3) is 11.3 Å². The predicted molar refractivity (Wildman–Crippen MR) is 94.8 cm³/mol. The number of benzene rings is 2. The number of aromatic nitrogens is 1. The Labute approximate surface area is 152 Å². The Kier molecular flexibility index (Phi) is 5.31. The fraction of sp³-hybridized carbons (Fsp3) is 0.111. The van der Waals surface area contributed by atoms with Crippen LogP contribution in [0, 0.1) is 0 Å². The molecule has 1 aromatic heterocycles. The lowest BCUT2D eigenvalue weighted by Gasteiger charge is -2.03. The van der Waals surface area contributed by atoms with Crippen molar-refractivity contribution < 1.29 is 18.3 Å². The van der Waals surface area contributed by atoms with Gasteiger partial charge in [-0.25, -0.2) is 4.79 Å². The summed E-state index contributed by atoms with van der Waals surface area (Å²) in [5.41, 5.74) is 1.87. The van der Waals surface area contributed by atoms with Gasteiger partial charge in [0.05, 0.1) is 5.56 Å². The minimum absolute atomic E-state index is 0.0269. The van der Waals surface area contributed by atoms with Crippen molar-refractivity contribution in [3.63, 3.8) is 0 Å². The SMILES string of the molecule is CS(=O)c1ccc(C(=O)OCc2cc(-c3ccc(Cl)cc3)no2)cc1. The summed E-state index contributed by atoms with van der Waals surface area (Å²) in [5, 5.41) is 4.59. The van der Waals surface area contributed by atoms with E-state index in [2.05, 4.69) is 5.16 Å². The Morgan fingerprint density at radius 3 is 2.48 bits per heavy atom. The summed E-state index contributed by atoms with van der Waals surface area (Å²) in [7, 11) is -1.08. The van der Waals surface area contributed by atoms with Crippen LogP contribution in [0.2, 0.25) is 5.02 Å². The van der Waals surface area contributed by atoms with Crippen LogP contribution < -0.4 is 0 Å². The molecule has 7 heteroatoms. The monoisotopic (exact) mass is 375 g/mol. The number of hydrogen-bond donors (Lipinski definition) is 0. The second-order valence-electron chi connectivity index (χ2n) is 5.24. The molecule has 0 saturated heterocycles. The van der Waals surface area contributed by atoms with E-state index in [1.807, 2.05) is 12.1 Å². The molecule has 3 rings (SSSR count). The molecule has 0 aliphatic carbocycles. The van der Waals surface area contributed by atoms with Gasteiger partial charge >= 0.3 is 5.97 Å². The first-order valence-electron chi connectivity index (χ1n) is 7.35. The quantitative estimate of drug-likeness (QED) is 0.628. The van der Waals surface area contributed by atoms with Gasteiger partial charge in [-0.2, -0.15) is 0 Å². The predicted octanol–water partition coefficient (Wildman–Crippen LogP) is 4.09. The Balaban J connectivity index is 1.62. The number of nitrogens with zero attached hydrogens (tertiary/aromatic N) is 1. The lowest BCUT2D eigenvalue weighted by atomic mass is 10.1. The van der Waals surface area contributed by atoms with Crippen molar-refractivity contribution in [2.45, 2.75) is 11.5 Å². The molecule has 1 unspecified atom stereocenters. The minimum atomic E-state index is -1.08. The molecule has 0 fully saturated rings. The number of rotatable bonds is 5. The molecule has 0 bridgehead atoms. The van der Waals surface area contributed by atoms with Crippen LogP contribution in [0.5, 0.6) is 0 Å². The number of esters is 1. The zero-order valence-electron chi connectivity index (χ0n) is 13.3. The van der Waals surface area contributed by atoms with Crippen LogP contribution in [-0.2, 0) is 22.1 Å². The zero-order valence-corrected chi connectivity index (χ0v) is 14.8. The molecular formula is C18H14ClNO4S. The first-order chi connectivity index (χ1) is 12.0. The molecular weight excluding hydrogens is 362 g/mol. The van der Waals surface area contributed by atoms with Crippen molar-refractivity contribution in [2.75, 3.05) is 6.26 Å². The maximum absolute atomic E-state index is 12.0. The number of carbonyl (C=O) groups excluding carboxylic acids is 1. The van der Waals surface area contributed by atoms with E-state index in [1.54, 1.807) is 48.7 Å². The number of hydrogen-bond acceptors (Lipinski definition) is 5. The van der Waals surface area contributed by atoms with Crippen LogP contribution in [0.4, 0.5) is 0 Å². The molecule has 3 aromatic rings. The van der Waals surface area contributed by atoms with Gasteiger partial charge in [-0.3, -0.25) is 4.21 Å². The Bertz CT molecular complexity index is 904. The van der Waals surface area contributed by atoms with E-state index in [0.29, 0.717) is 26.9 Å². The van der Waals surface area contributed by atoms with E-state index in [-0.39, 0.29) is 6.61 Å². The molecule has 1 atom stereocenters. The first kappa shape index (κ1) is 17.4. The first-order valence-corrected chi connectivity index (χ1v) is 9.28. The molecule has 0 spiro atoms. The van der Waals surface area contributed by atoms with Crippen molar-refractivity contribution in [2.24, 2.45) is 0 Å². The number of halogens is 1. The van der Waals surface area contributed by atoms with Gasteiger partial charge in [0.25, 0.3) is 0 Å². The normalized spacial score (nSPS) is 11.9. The topological polar surface area (TPSA) is 69.4 Å². The number of ether oxygens (including phenoxy) is 1. The van der Waals surface area contributed by atoms with Crippen LogP contribution in [0.15, 0.2) is 64.0 Å². The lowest BCUT2D eigenvalue weighted by molar-refractivity contribution is 0.0437. The van der Waals surface area contributed by atoms with Crippen molar-refractivity contribution in [1.82, 2.24) is 5.16 Å². The van der Waals surface area contributed by atoms with Crippen LogP contribution in [-0.4, -0.2) is 21.6 Å². The second-order valence-corrected chi connectivity index (χ2v) is 7.06. The van der Waals surface area contributed by atoms with E-state index in [4.69, 9.17) is 20.9 Å². The summed E-state index contributed by atoms with van der Waals surface area (Å²) in [6, 6.07) is 15.3.